The van der Waals surface area contributed by atoms with Gasteiger partial charge in [0.2, 0.25) is 0 Å². The summed E-state index contributed by atoms with van der Waals surface area (Å²) in [6.45, 7) is 4.01. The van der Waals surface area contributed by atoms with Crippen LogP contribution in [0.2, 0.25) is 0 Å². The number of nitrogens with one attached hydrogen (secondary N) is 1. The van der Waals surface area contributed by atoms with Crippen LogP contribution in [-0.4, -0.2) is 4.98 Å². The zero-order valence-corrected chi connectivity index (χ0v) is 5.89. The van der Waals surface area contributed by atoms with E-state index in [2.05, 4.69) is 11.6 Å². The van der Waals surface area contributed by atoms with Crippen molar-refractivity contribution in [2.75, 3.05) is 0 Å². The van der Waals surface area contributed by atoms with Crippen molar-refractivity contribution in [3.8, 4) is 0 Å². The smallest absolute Gasteiger partial charge is 0.255 e. The third kappa shape index (κ3) is 0.774. The Balaban J connectivity index is 2.76. The van der Waals surface area contributed by atoms with Gasteiger partial charge in [0.25, 0.3) is 5.56 Å². The lowest BCUT2D eigenvalue weighted by atomic mass is 10.1. The Morgan fingerprint density at radius 1 is 1.64 bits per heavy atom. The Morgan fingerprint density at radius 2 is 2.45 bits per heavy atom. The molecule has 0 bridgehead atoms. The van der Waals surface area contributed by atoms with Crippen molar-refractivity contribution in [2.45, 2.75) is 6.61 Å². The van der Waals surface area contributed by atoms with Crippen LogP contribution in [0.15, 0.2) is 23.6 Å². The van der Waals surface area contributed by atoms with Gasteiger partial charge in [-0.3, -0.25) is 4.79 Å². The Hall–Kier alpha value is -1.51. The Morgan fingerprint density at radius 3 is 3.18 bits per heavy atom. The largest absolute Gasteiger partial charge is 0.489 e. The molecule has 0 saturated heterocycles. The predicted molar refractivity (Wildman–Crippen MR) is 40.9 cm³/mol. The molecule has 0 unspecified atom stereocenters. The van der Waals surface area contributed by atoms with E-state index < -0.39 is 0 Å². The fourth-order valence-electron chi connectivity index (χ4n) is 1.15. The van der Waals surface area contributed by atoms with E-state index in [1.165, 1.54) is 0 Å². The topological polar surface area (TPSA) is 42.1 Å². The third-order valence-electron chi connectivity index (χ3n) is 1.75. The first-order chi connectivity index (χ1) is 5.29. The Labute approximate surface area is 63.3 Å². The lowest BCUT2D eigenvalue weighted by molar-refractivity contribution is 0.285. The lowest BCUT2D eigenvalue weighted by Gasteiger charge is -1.92. The van der Waals surface area contributed by atoms with Crippen LogP contribution in [0.4, 0.5) is 0 Å². The summed E-state index contributed by atoms with van der Waals surface area (Å²) in [5.74, 6) is 0.589. The minimum atomic E-state index is -0.0823. The summed E-state index contributed by atoms with van der Waals surface area (Å²) >= 11 is 0. The van der Waals surface area contributed by atoms with Crippen molar-refractivity contribution in [1.82, 2.24) is 4.98 Å². The average Bonchev–Trinajstić information content (AvgIpc) is 2.35. The maximum atomic E-state index is 11.1. The molecule has 0 amide bonds. The van der Waals surface area contributed by atoms with Crippen molar-refractivity contribution >= 4 is 5.76 Å². The highest BCUT2D eigenvalue weighted by Gasteiger charge is 2.17. The molecule has 1 N–H and O–H groups in total. The van der Waals surface area contributed by atoms with E-state index >= 15 is 0 Å². The van der Waals surface area contributed by atoms with E-state index in [-0.39, 0.29) is 5.56 Å². The first kappa shape index (κ1) is 6.22. The molecule has 0 fully saturated rings. The SMILES string of the molecule is C=C1OCc2c1cc[nH]c2=O. The molecule has 11 heavy (non-hydrogen) atoms. The molecule has 1 aliphatic rings. The number of pyridine rings is 1. The van der Waals surface area contributed by atoms with Crippen LogP contribution in [0, 0.1) is 0 Å². The minimum Gasteiger partial charge on any atom is -0.489 e. The van der Waals surface area contributed by atoms with Gasteiger partial charge in [-0.2, -0.15) is 0 Å². The van der Waals surface area contributed by atoms with Gasteiger partial charge in [0.05, 0.1) is 5.56 Å². The molecular weight excluding hydrogens is 142 g/mol. The molecule has 0 radical (unpaired) electrons. The summed E-state index contributed by atoms with van der Waals surface area (Å²) < 4.78 is 5.09. The van der Waals surface area contributed by atoms with Crippen molar-refractivity contribution in [3.63, 3.8) is 0 Å². The zero-order chi connectivity index (χ0) is 7.84. The molecule has 2 rings (SSSR count). The standard InChI is InChI=1S/C8H7NO2/c1-5-6-2-3-9-8(10)7(6)4-11-5/h2-3H,1,4H2,(H,9,10). The maximum Gasteiger partial charge on any atom is 0.255 e. The predicted octanol–water partition coefficient (Wildman–Crippen LogP) is 0.876. The molecular formula is C8H7NO2. The second-order valence-electron chi connectivity index (χ2n) is 2.41. The van der Waals surface area contributed by atoms with Crippen molar-refractivity contribution in [2.24, 2.45) is 0 Å². The summed E-state index contributed by atoms with van der Waals surface area (Å²) in [6.07, 6.45) is 1.60. The molecule has 0 aliphatic carbocycles. The normalized spacial score (nSPS) is 14.4. The quantitative estimate of drug-likeness (QED) is 0.594. The number of fused-ring (bicyclic) bond motifs is 1. The first-order valence-electron chi connectivity index (χ1n) is 3.31. The average molecular weight is 149 g/mol. The number of rotatable bonds is 0. The second-order valence-corrected chi connectivity index (χ2v) is 2.41. The van der Waals surface area contributed by atoms with Crippen LogP contribution in [-0.2, 0) is 11.3 Å². The van der Waals surface area contributed by atoms with Crippen molar-refractivity contribution in [1.29, 1.82) is 0 Å². The molecule has 1 aliphatic heterocycles. The van der Waals surface area contributed by atoms with Gasteiger partial charge in [-0.1, -0.05) is 6.58 Å². The first-order valence-corrected chi connectivity index (χ1v) is 3.31. The van der Waals surface area contributed by atoms with Crippen molar-refractivity contribution in [3.05, 3.63) is 40.3 Å². The molecule has 3 nitrogen and oxygen atoms in total. The number of hydrogen-bond donors (Lipinski definition) is 1. The van der Waals surface area contributed by atoms with Gasteiger partial charge in [-0.05, 0) is 6.07 Å². The number of aromatic amines is 1. The van der Waals surface area contributed by atoms with Gasteiger partial charge in [0, 0.05) is 11.8 Å². The van der Waals surface area contributed by atoms with E-state index in [9.17, 15) is 4.79 Å². The molecule has 2 heterocycles. The summed E-state index contributed by atoms with van der Waals surface area (Å²) in [6, 6.07) is 1.80. The molecule has 0 spiro atoms. The van der Waals surface area contributed by atoms with Gasteiger partial charge >= 0.3 is 0 Å². The molecule has 0 saturated carbocycles. The monoisotopic (exact) mass is 149 g/mol. The molecule has 3 heteroatoms. The molecule has 1 aromatic rings. The van der Waals surface area contributed by atoms with Crippen LogP contribution in [0.5, 0.6) is 0 Å². The van der Waals surface area contributed by atoms with Gasteiger partial charge in [0.1, 0.15) is 12.4 Å². The van der Waals surface area contributed by atoms with Gasteiger partial charge in [-0.15, -0.1) is 0 Å². The van der Waals surface area contributed by atoms with E-state index in [1.54, 1.807) is 12.3 Å². The molecule has 0 aromatic carbocycles. The second kappa shape index (κ2) is 1.99. The van der Waals surface area contributed by atoms with Crippen LogP contribution in [0.3, 0.4) is 0 Å². The number of ether oxygens (including phenoxy) is 1. The lowest BCUT2D eigenvalue weighted by Crippen LogP contribution is -2.10. The van der Waals surface area contributed by atoms with Crippen LogP contribution in [0.25, 0.3) is 5.76 Å². The summed E-state index contributed by atoms with van der Waals surface area (Å²) in [4.78, 5) is 13.7. The Bertz CT molecular complexity index is 365. The molecule has 56 valence electrons. The van der Waals surface area contributed by atoms with Crippen LogP contribution in [0.1, 0.15) is 11.1 Å². The number of aromatic nitrogens is 1. The van der Waals surface area contributed by atoms with Gasteiger partial charge in [-0.25, -0.2) is 0 Å². The molecule has 0 atom stereocenters. The summed E-state index contributed by atoms with van der Waals surface area (Å²) in [5.41, 5.74) is 1.42. The van der Waals surface area contributed by atoms with E-state index in [1.807, 2.05) is 0 Å². The van der Waals surface area contributed by atoms with Crippen molar-refractivity contribution < 1.29 is 4.74 Å². The van der Waals surface area contributed by atoms with Crippen LogP contribution >= 0.6 is 0 Å². The zero-order valence-electron chi connectivity index (χ0n) is 5.89. The van der Waals surface area contributed by atoms with Gasteiger partial charge in [0.15, 0.2) is 0 Å². The van der Waals surface area contributed by atoms with E-state index in [0.717, 1.165) is 5.56 Å². The van der Waals surface area contributed by atoms with E-state index in [0.29, 0.717) is 17.9 Å². The van der Waals surface area contributed by atoms with Crippen LogP contribution < -0.4 is 5.56 Å². The molecule has 1 aromatic heterocycles. The minimum absolute atomic E-state index is 0.0823. The maximum absolute atomic E-state index is 11.1. The number of hydrogen-bond acceptors (Lipinski definition) is 2. The van der Waals surface area contributed by atoms with Gasteiger partial charge < -0.3 is 9.72 Å². The fourth-order valence-corrected chi connectivity index (χ4v) is 1.15. The third-order valence-corrected chi connectivity index (χ3v) is 1.75. The fraction of sp³-hybridized carbons (Fsp3) is 0.125. The summed E-state index contributed by atoms with van der Waals surface area (Å²) in [5, 5.41) is 0. The van der Waals surface area contributed by atoms with E-state index in [4.69, 9.17) is 4.74 Å². The Kier molecular flexibility index (Phi) is 1.12. The summed E-state index contributed by atoms with van der Waals surface area (Å²) in [7, 11) is 0. The highest BCUT2D eigenvalue weighted by Crippen LogP contribution is 2.24. The highest BCUT2D eigenvalue weighted by atomic mass is 16.5. The highest BCUT2D eigenvalue weighted by molar-refractivity contribution is 5.63. The number of H-pyrrole nitrogens is 1.